The summed E-state index contributed by atoms with van der Waals surface area (Å²) in [5, 5.41) is 61.3. The molecule has 4 aromatic carbocycles. The highest BCUT2D eigenvalue weighted by atomic mass is 19.1. The third-order valence-corrected chi connectivity index (χ3v) is 7.05. The fraction of sp³-hybridized carbons (Fsp3) is 0.294. The molecule has 246 valence electrons. The first-order valence-electron chi connectivity index (χ1n) is 14.3. The van der Waals surface area contributed by atoms with Crippen molar-refractivity contribution < 1.29 is 58.4 Å². The SMILES string of the molecule is Oc1ccc(COC[C@@H](OCc2ccc(F)cc2)[C@@H](O)[C@H](O)[C@@H](COCc2ccc(O)c(O)c2)OCc2ccc(F)cc2)cc1O. The van der Waals surface area contributed by atoms with Gasteiger partial charge >= 0.3 is 0 Å². The Morgan fingerprint density at radius 2 is 0.804 bits per heavy atom. The molecule has 10 nitrogen and oxygen atoms in total. The maximum Gasteiger partial charge on any atom is 0.157 e. The van der Waals surface area contributed by atoms with E-state index in [2.05, 4.69) is 0 Å². The quantitative estimate of drug-likeness (QED) is 0.0912. The largest absolute Gasteiger partial charge is 0.504 e. The van der Waals surface area contributed by atoms with Gasteiger partial charge in [-0.25, -0.2) is 8.78 Å². The Morgan fingerprint density at radius 1 is 0.457 bits per heavy atom. The fourth-order valence-corrected chi connectivity index (χ4v) is 4.40. The Balaban J connectivity index is 1.47. The summed E-state index contributed by atoms with van der Waals surface area (Å²) in [6.07, 6.45) is -5.44. The second kappa shape index (κ2) is 16.9. The van der Waals surface area contributed by atoms with Crippen molar-refractivity contribution in [3.63, 3.8) is 0 Å². The minimum atomic E-state index is -1.59. The number of hydrogen-bond acceptors (Lipinski definition) is 10. The number of phenols is 4. The maximum absolute atomic E-state index is 13.4. The number of aromatic hydroxyl groups is 4. The van der Waals surface area contributed by atoms with Gasteiger partial charge in [-0.1, -0.05) is 36.4 Å². The van der Waals surface area contributed by atoms with Gasteiger partial charge in [0.05, 0.1) is 39.6 Å². The predicted molar refractivity (Wildman–Crippen MR) is 161 cm³/mol. The summed E-state index contributed by atoms with van der Waals surface area (Å²) in [7, 11) is 0. The number of ether oxygens (including phenoxy) is 4. The van der Waals surface area contributed by atoms with E-state index >= 15 is 0 Å². The van der Waals surface area contributed by atoms with Gasteiger partial charge in [-0.3, -0.25) is 0 Å². The highest BCUT2D eigenvalue weighted by molar-refractivity contribution is 5.41. The molecule has 0 saturated heterocycles. The summed E-state index contributed by atoms with van der Waals surface area (Å²) in [6.45, 7) is -0.612. The summed E-state index contributed by atoms with van der Waals surface area (Å²) in [6, 6.07) is 19.4. The molecule has 0 aliphatic rings. The van der Waals surface area contributed by atoms with Crippen LogP contribution in [0, 0.1) is 11.6 Å². The first kappa shape index (κ1) is 34.6. The van der Waals surface area contributed by atoms with Gasteiger partial charge in [0, 0.05) is 0 Å². The van der Waals surface area contributed by atoms with E-state index in [1.165, 1.54) is 72.8 Å². The zero-order chi connectivity index (χ0) is 33.1. The van der Waals surface area contributed by atoms with Gasteiger partial charge in [0.25, 0.3) is 0 Å². The average molecular weight is 643 g/mol. The van der Waals surface area contributed by atoms with Crippen LogP contribution in [0.3, 0.4) is 0 Å². The van der Waals surface area contributed by atoms with Crippen molar-refractivity contribution in [1.82, 2.24) is 0 Å². The van der Waals surface area contributed by atoms with Crippen molar-refractivity contribution in [2.45, 2.75) is 50.8 Å². The number of rotatable bonds is 17. The minimum absolute atomic E-state index is 0.0276. The van der Waals surface area contributed by atoms with Gasteiger partial charge in [0.15, 0.2) is 23.0 Å². The van der Waals surface area contributed by atoms with Crippen LogP contribution in [0.2, 0.25) is 0 Å². The molecule has 4 rings (SSSR count). The van der Waals surface area contributed by atoms with E-state index < -0.39 is 36.1 Å². The van der Waals surface area contributed by atoms with E-state index in [0.29, 0.717) is 22.3 Å². The lowest BCUT2D eigenvalue weighted by Crippen LogP contribution is -2.49. The second-order valence-electron chi connectivity index (χ2n) is 10.6. The molecule has 4 aromatic rings. The number of aliphatic hydroxyl groups excluding tert-OH is 2. The lowest BCUT2D eigenvalue weighted by Gasteiger charge is -2.32. The van der Waals surface area contributed by atoms with E-state index in [1.807, 2.05) is 0 Å². The Bertz CT molecular complexity index is 1400. The molecule has 6 N–H and O–H groups in total. The molecule has 12 heteroatoms. The van der Waals surface area contributed by atoms with E-state index in [4.69, 9.17) is 18.9 Å². The molecular weight excluding hydrogens is 606 g/mol. The van der Waals surface area contributed by atoms with Gasteiger partial charge in [-0.05, 0) is 70.8 Å². The highest BCUT2D eigenvalue weighted by Crippen LogP contribution is 2.26. The summed E-state index contributed by atoms with van der Waals surface area (Å²) in [5.74, 6) is -2.11. The first-order valence-corrected chi connectivity index (χ1v) is 14.3. The van der Waals surface area contributed by atoms with Crippen LogP contribution in [-0.2, 0) is 45.4 Å². The van der Waals surface area contributed by atoms with Crippen molar-refractivity contribution in [2.24, 2.45) is 0 Å². The number of halogens is 2. The third kappa shape index (κ3) is 10.4. The van der Waals surface area contributed by atoms with Crippen LogP contribution in [0.1, 0.15) is 22.3 Å². The number of aliphatic hydroxyl groups is 2. The third-order valence-electron chi connectivity index (χ3n) is 7.05. The van der Waals surface area contributed by atoms with E-state index in [9.17, 15) is 39.4 Å². The molecule has 0 saturated carbocycles. The number of phenolic OH excluding ortho intramolecular Hbond substituents is 4. The lowest BCUT2D eigenvalue weighted by molar-refractivity contribution is -0.170. The van der Waals surface area contributed by atoms with E-state index in [0.717, 1.165) is 0 Å². The molecule has 0 aliphatic heterocycles. The lowest BCUT2D eigenvalue weighted by atomic mass is 10.0. The van der Waals surface area contributed by atoms with Crippen LogP contribution in [0.15, 0.2) is 84.9 Å². The van der Waals surface area contributed by atoms with Gasteiger partial charge in [-0.2, -0.15) is 0 Å². The molecule has 4 atom stereocenters. The van der Waals surface area contributed by atoms with Crippen molar-refractivity contribution in [3.05, 3.63) is 119 Å². The standard InChI is InChI=1S/C34H36F2O10/c35-25-7-1-21(2-8-25)17-45-31(19-43-15-23-5-11-27(37)29(39)13-23)33(41)34(42)32(46-18-22-3-9-26(36)10-4-22)20-44-16-24-6-12-28(38)30(40)14-24/h1-14,31-34,37-42H,15-20H2/t31-,32-,33-,34-/m1/s1. The van der Waals surface area contributed by atoms with E-state index in [1.54, 1.807) is 12.1 Å². The molecule has 0 amide bonds. The average Bonchev–Trinajstić information content (AvgIpc) is 3.04. The summed E-state index contributed by atoms with van der Waals surface area (Å²) in [4.78, 5) is 0. The van der Waals surface area contributed by atoms with E-state index in [-0.39, 0.29) is 62.6 Å². The normalized spacial score (nSPS) is 14.1. The Labute approximate surface area is 264 Å². The Morgan fingerprint density at radius 3 is 1.15 bits per heavy atom. The Hall–Kier alpha value is -4.30. The molecule has 0 unspecified atom stereocenters. The zero-order valence-corrected chi connectivity index (χ0v) is 24.7. The smallest absolute Gasteiger partial charge is 0.157 e. The van der Waals surface area contributed by atoms with Crippen LogP contribution in [0.5, 0.6) is 23.0 Å². The van der Waals surface area contributed by atoms with Crippen molar-refractivity contribution >= 4 is 0 Å². The first-order chi connectivity index (χ1) is 22.1. The van der Waals surface area contributed by atoms with Gasteiger partial charge in [0.1, 0.15) is 36.1 Å². The number of hydrogen-bond donors (Lipinski definition) is 6. The topological polar surface area (TPSA) is 158 Å². The Kier molecular flexibility index (Phi) is 12.7. The summed E-state index contributed by atoms with van der Waals surface area (Å²) in [5.41, 5.74) is 2.25. The van der Waals surface area contributed by atoms with Crippen LogP contribution < -0.4 is 0 Å². The molecule has 46 heavy (non-hydrogen) atoms. The van der Waals surface area contributed by atoms with Gasteiger partial charge < -0.3 is 49.6 Å². The van der Waals surface area contributed by atoms with Gasteiger partial charge in [0.2, 0.25) is 0 Å². The van der Waals surface area contributed by atoms with Crippen molar-refractivity contribution in [3.8, 4) is 23.0 Å². The summed E-state index contributed by atoms with van der Waals surface area (Å²) >= 11 is 0. The highest BCUT2D eigenvalue weighted by Gasteiger charge is 2.34. The maximum atomic E-state index is 13.4. The molecule has 0 radical (unpaired) electrons. The molecule has 0 heterocycles. The fourth-order valence-electron chi connectivity index (χ4n) is 4.40. The second-order valence-corrected chi connectivity index (χ2v) is 10.6. The minimum Gasteiger partial charge on any atom is -0.504 e. The van der Waals surface area contributed by atoms with Crippen LogP contribution in [-0.4, -0.2) is 68.3 Å². The van der Waals surface area contributed by atoms with Crippen LogP contribution >= 0.6 is 0 Å². The molecular formula is C34H36F2O10. The van der Waals surface area contributed by atoms with Crippen molar-refractivity contribution in [1.29, 1.82) is 0 Å². The molecule has 0 bridgehead atoms. The predicted octanol–water partition coefficient (Wildman–Crippen LogP) is 4.41. The number of benzene rings is 4. The zero-order valence-electron chi connectivity index (χ0n) is 24.7. The molecule has 0 spiro atoms. The summed E-state index contributed by atoms with van der Waals surface area (Å²) < 4.78 is 50.1. The van der Waals surface area contributed by atoms with Crippen LogP contribution in [0.25, 0.3) is 0 Å². The monoisotopic (exact) mass is 642 g/mol. The van der Waals surface area contributed by atoms with Crippen molar-refractivity contribution in [2.75, 3.05) is 13.2 Å². The van der Waals surface area contributed by atoms with Gasteiger partial charge in [-0.15, -0.1) is 0 Å². The van der Waals surface area contributed by atoms with Crippen LogP contribution in [0.4, 0.5) is 8.78 Å². The molecule has 0 aromatic heterocycles. The molecule has 0 fully saturated rings. The molecule has 0 aliphatic carbocycles.